The third kappa shape index (κ3) is 6.17. The van der Waals surface area contributed by atoms with Gasteiger partial charge in [0, 0.05) is 16.1 Å². The van der Waals surface area contributed by atoms with E-state index in [-0.39, 0.29) is 4.91 Å². The van der Waals surface area contributed by atoms with Gasteiger partial charge in [0.2, 0.25) is 5.91 Å². The van der Waals surface area contributed by atoms with Crippen LogP contribution in [-0.4, -0.2) is 35.6 Å². The highest BCUT2D eigenvalue weighted by Gasteiger charge is 2.36. The molecule has 10 heteroatoms. The Hall–Kier alpha value is -3.79. The summed E-state index contributed by atoms with van der Waals surface area (Å²) in [5.74, 6) is -0.0659. The zero-order valence-electron chi connectivity index (χ0n) is 21.1. The van der Waals surface area contributed by atoms with E-state index < -0.39 is 23.6 Å². The van der Waals surface area contributed by atoms with Gasteiger partial charge in [0.1, 0.15) is 13.2 Å². The van der Waals surface area contributed by atoms with Crippen molar-refractivity contribution in [3.05, 3.63) is 104 Å². The maximum absolute atomic E-state index is 13.1. The van der Waals surface area contributed by atoms with Crippen LogP contribution in [0.25, 0.3) is 16.8 Å². The summed E-state index contributed by atoms with van der Waals surface area (Å²) in [6.07, 6.45) is 1.59. The molecule has 1 fully saturated rings. The number of hydrogen-bond donors (Lipinski definition) is 1. The van der Waals surface area contributed by atoms with E-state index in [1.807, 2.05) is 48.5 Å². The number of hydrogen-bond acceptors (Lipinski definition) is 6. The van der Waals surface area contributed by atoms with Gasteiger partial charge in [-0.2, -0.15) is 0 Å². The van der Waals surface area contributed by atoms with Crippen molar-refractivity contribution < 1.29 is 23.9 Å². The molecule has 4 aromatic rings. The highest BCUT2D eigenvalue weighted by atomic mass is 79.9. The fourth-order valence-corrected chi connectivity index (χ4v) is 5.69. The summed E-state index contributed by atoms with van der Waals surface area (Å²) in [4.78, 5) is 39.6. The SMILES string of the molecule is COc1cc(/C=C2/SC(=O)N(CC(=O)Nc3cccc4ccccc34)C2=O)cc(Br)c1OCc1ccc(Cl)cc1. The van der Waals surface area contributed by atoms with Crippen LogP contribution in [0.15, 0.2) is 88.2 Å². The van der Waals surface area contributed by atoms with E-state index >= 15 is 0 Å². The third-order valence-corrected chi connectivity index (χ3v) is 7.83. The second kappa shape index (κ2) is 12.2. The number of nitrogens with one attached hydrogen (secondary N) is 1. The maximum atomic E-state index is 13.1. The molecule has 1 aliphatic heterocycles. The molecule has 4 aromatic carbocycles. The topological polar surface area (TPSA) is 84.9 Å². The number of rotatable bonds is 8. The van der Waals surface area contributed by atoms with Crippen LogP contribution in [0.2, 0.25) is 5.02 Å². The molecule has 1 heterocycles. The fourth-order valence-electron chi connectivity index (χ4n) is 4.15. The highest BCUT2D eigenvalue weighted by Crippen LogP contribution is 2.39. The van der Waals surface area contributed by atoms with Gasteiger partial charge in [0.05, 0.1) is 16.5 Å². The molecular formula is C30H22BrClN2O5S. The number of fused-ring (bicyclic) bond motifs is 1. The van der Waals surface area contributed by atoms with Crippen molar-refractivity contribution in [1.82, 2.24) is 4.90 Å². The number of anilines is 1. The van der Waals surface area contributed by atoms with E-state index in [0.29, 0.717) is 38.9 Å². The number of methoxy groups -OCH3 is 1. The molecule has 0 aromatic heterocycles. The standard InChI is InChI=1S/C30H22BrClN2O5S/c1-38-25-14-19(13-23(31)28(25)39-17-18-9-11-21(32)12-10-18)15-26-29(36)34(30(37)40-26)16-27(35)33-24-8-4-6-20-5-2-3-7-22(20)24/h2-15H,16-17H2,1H3,(H,33,35)/b26-15+. The van der Waals surface area contributed by atoms with Crippen molar-refractivity contribution in [3.8, 4) is 11.5 Å². The minimum atomic E-state index is -0.541. The van der Waals surface area contributed by atoms with Crippen LogP contribution in [0.5, 0.6) is 11.5 Å². The lowest BCUT2D eigenvalue weighted by Crippen LogP contribution is -2.36. The zero-order valence-corrected chi connectivity index (χ0v) is 24.3. The number of halogens is 2. The van der Waals surface area contributed by atoms with Gasteiger partial charge < -0.3 is 14.8 Å². The largest absolute Gasteiger partial charge is 0.493 e. The number of amides is 3. The Balaban J connectivity index is 1.29. The first-order chi connectivity index (χ1) is 19.3. The predicted octanol–water partition coefficient (Wildman–Crippen LogP) is 7.52. The summed E-state index contributed by atoms with van der Waals surface area (Å²) in [7, 11) is 1.52. The Morgan fingerprint density at radius 1 is 1.05 bits per heavy atom. The van der Waals surface area contributed by atoms with Crippen molar-refractivity contribution in [3.63, 3.8) is 0 Å². The van der Waals surface area contributed by atoms with Crippen molar-refractivity contribution in [2.24, 2.45) is 0 Å². The predicted molar refractivity (Wildman–Crippen MR) is 162 cm³/mol. The van der Waals surface area contributed by atoms with E-state index in [0.717, 1.165) is 33.0 Å². The molecule has 0 saturated carbocycles. The van der Waals surface area contributed by atoms with Crippen LogP contribution < -0.4 is 14.8 Å². The number of ether oxygens (including phenoxy) is 2. The molecule has 7 nitrogen and oxygen atoms in total. The fraction of sp³-hybridized carbons (Fsp3) is 0.100. The Bertz CT molecular complexity index is 1650. The Morgan fingerprint density at radius 2 is 1.80 bits per heavy atom. The van der Waals surface area contributed by atoms with E-state index in [2.05, 4.69) is 21.2 Å². The number of nitrogens with zero attached hydrogens (tertiary/aromatic N) is 1. The highest BCUT2D eigenvalue weighted by molar-refractivity contribution is 9.10. The zero-order chi connectivity index (χ0) is 28.2. The molecule has 1 saturated heterocycles. The monoisotopic (exact) mass is 636 g/mol. The first-order valence-electron chi connectivity index (χ1n) is 12.1. The molecule has 0 atom stereocenters. The quantitative estimate of drug-likeness (QED) is 0.201. The Morgan fingerprint density at radius 3 is 2.58 bits per heavy atom. The molecule has 5 rings (SSSR count). The summed E-state index contributed by atoms with van der Waals surface area (Å²) in [6.45, 7) is -0.0963. The molecule has 1 N–H and O–H groups in total. The van der Waals surface area contributed by atoms with E-state index in [4.69, 9.17) is 21.1 Å². The lowest BCUT2D eigenvalue weighted by Gasteiger charge is -2.14. The van der Waals surface area contributed by atoms with Crippen LogP contribution in [0.1, 0.15) is 11.1 Å². The minimum absolute atomic E-state index is 0.201. The lowest BCUT2D eigenvalue weighted by atomic mass is 10.1. The van der Waals surface area contributed by atoms with Crippen molar-refractivity contribution in [2.75, 3.05) is 19.0 Å². The number of benzene rings is 4. The van der Waals surface area contributed by atoms with Crippen LogP contribution in [-0.2, 0) is 16.2 Å². The molecule has 0 bridgehead atoms. The van der Waals surface area contributed by atoms with E-state index in [9.17, 15) is 14.4 Å². The van der Waals surface area contributed by atoms with Crippen LogP contribution >= 0.6 is 39.3 Å². The number of carbonyl (C=O) groups is 3. The lowest BCUT2D eigenvalue weighted by molar-refractivity contribution is -0.127. The second-order valence-corrected chi connectivity index (χ2v) is 11.1. The Labute approximate surface area is 248 Å². The molecule has 1 aliphatic rings. The average Bonchev–Trinajstić information content (AvgIpc) is 3.20. The molecular weight excluding hydrogens is 616 g/mol. The number of thioether (sulfide) groups is 1. The first-order valence-corrected chi connectivity index (χ1v) is 14.1. The van der Waals surface area contributed by atoms with Crippen LogP contribution in [0.3, 0.4) is 0 Å². The molecule has 202 valence electrons. The minimum Gasteiger partial charge on any atom is -0.493 e. The van der Waals surface area contributed by atoms with Crippen LogP contribution in [0.4, 0.5) is 10.5 Å². The summed E-state index contributed by atoms with van der Waals surface area (Å²) in [5.41, 5.74) is 2.16. The van der Waals surface area contributed by atoms with Gasteiger partial charge in [-0.1, -0.05) is 60.1 Å². The summed E-state index contributed by atoms with van der Waals surface area (Å²) in [5, 5.41) is 4.78. The summed E-state index contributed by atoms with van der Waals surface area (Å²) < 4.78 is 12.1. The molecule has 3 amide bonds. The molecule has 0 radical (unpaired) electrons. The van der Waals surface area contributed by atoms with E-state index in [1.165, 1.54) is 7.11 Å². The average molecular weight is 638 g/mol. The number of carbonyl (C=O) groups excluding carboxylic acids is 3. The van der Waals surface area contributed by atoms with Gasteiger partial charge in [-0.3, -0.25) is 19.3 Å². The normalized spacial score (nSPS) is 14.2. The first kappa shape index (κ1) is 27.8. The second-order valence-electron chi connectivity index (χ2n) is 8.79. The third-order valence-electron chi connectivity index (χ3n) is 6.08. The van der Waals surface area contributed by atoms with Crippen molar-refractivity contribution in [2.45, 2.75) is 6.61 Å². The smallest absolute Gasteiger partial charge is 0.294 e. The Kier molecular flexibility index (Phi) is 8.44. The summed E-state index contributed by atoms with van der Waals surface area (Å²) >= 11 is 10.2. The van der Waals surface area contributed by atoms with Crippen LogP contribution in [0, 0.1) is 0 Å². The van der Waals surface area contributed by atoms with Gasteiger partial charge in [-0.05, 0) is 80.6 Å². The van der Waals surface area contributed by atoms with Gasteiger partial charge in [0.15, 0.2) is 11.5 Å². The van der Waals surface area contributed by atoms with Crippen molar-refractivity contribution in [1.29, 1.82) is 0 Å². The number of imide groups is 1. The summed E-state index contributed by atoms with van der Waals surface area (Å²) in [6, 6.07) is 24.0. The molecule has 40 heavy (non-hydrogen) atoms. The van der Waals surface area contributed by atoms with E-state index in [1.54, 1.807) is 36.4 Å². The molecule has 0 spiro atoms. The van der Waals surface area contributed by atoms with Crippen molar-refractivity contribution >= 4 is 78.9 Å². The molecule has 0 aliphatic carbocycles. The van der Waals surface area contributed by atoms with Gasteiger partial charge in [0.25, 0.3) is 11.1 Å². The van der Waals surface area contributed by atoms with Gasteiger partial charge in [-0.15, -0.1) is 0 Å². The maximum Gasteiger partial charge on any atom is 0.294 e. The van der Waals surface area contributed by atoms with Gasteiger partial charge in [-0.25, -0.2) is 0 Å². The molecule has 0 unspecified atom stereocenters. The van der Waals surface area contributed by atoms with Gasteiger partial charge >= 0.3 is 0 Å².